The fourth-order valence-corrected chi connectivity index (χ4v) is 4.26. The number of carbonyl (C=O) groups is 2. The van der Waals surface area contributed by atoms with Crippen molar-refractivity contribution >= 4 is 17.5 Å². The highest BCUT2D eigenvalue weighted by molar-refractivity contribution is 5.98. The lowest BCUT2D eigenvalue weighted by molar-refractivity contribution is -0.127. The largest absolute Gasteiger partial charge is 0.489 e. The maximum Gasteiger partial charge on any atom is 0.247 e. The molecule has 0 aromatic heterocycles. The molecule has 7 nitrogen and oxygen atoms in total. The number of para-hydroxylation sites is 1. The van der Waals surface area contributed by atoms with E-state index in [1.165, 1.54) is 0 Å². The van der Waals surface area contributed by atoms with Crippen LogP contribution in [0.4, 0.5) is 5.69 Å². The van der Waals surface area contributed by atoms with Gasteiger partial charge < -0.3 is 25.8 Å². The van der Waals surface area contributed by atoms with Crippen molar-refractivity contribution in [2.75, 3.05) is 5.32 Å². The molecular formula is C34H37N3O4. The third-order valence-electron chi connectivity index (χ3n) is 6.41. The number of rotatable bonds is 13. The Morgan fingerprint density at radius 2 is 1.29 bits per heavy atom. The van der Waals surface area contributed by atoms with Crippen LogP contribution in [0.15, 0.2) is 109 Å². The minimum atomic E-state index is -0.822. The molecule has 0 saturated carbocycles. The number of nitrogens with one attached hydrogen (secondary N) is 2. The van der Waals surface area contributed by atoms with E-state index in [2.05, 4.69) is 10.6 Å². The molecule has 2 amide bonds. The summed E-state index contributed by atoms with van der Waals surface area (Å²) in [5, 5.41) is 5.78. The standard InChI is InChI=1S/C34H37N3O4/c1-24(2)21-31(35)33(38)37-32(22-25-13-17-28(18-14-25)40-23-26-9-5-3-6-10-26)34(39)36-27-15-19-30(20-16-27)41-29-11-7-4-8-12-29/h3-20,24,31-32H,21-23,35H2,1-2H3,(H,36,39)(H,37,38). The second kappa shape index (κ2) is 14.7. The number of benzene rings is 4. The Kier molecular flexibility index (Phi) is 10.5. The number of hydrogen-bond donors (Lipinski definition) is 3. The van der Waals surface area contributed by atoms with E-state index in [9.17, 15) is 9.59 Å². The van der Waals surface area contributed by atoms with E-state index in [4.69, 9.17) is 15.2 Å². The molecule has 0 fully saturated rings. The number of hydrogen-bond acceptors (Lipinski definition) is 5. The van der Waals surface area contributed by atoms with Crippen molar-refractivity contribution < 1.29 is 19.1 Å². The number of nitrogens with two attached hydrogens (primary N) is 1. The van der Waals surface area contributed by atoms with Crippen LogP contribution in [0.3, 0.4) is 0 Å². The fourth-order valence-electron chi connectivity index (χ4n) is 4.26. The van der Waals surface area contributed by atoms with Gasteiger partial charge in [0.1, 0.15) is 29.9 Å². The third kappa shape index (κ3) is 9.51. The minimum Gasteiger partial charge on any atom is -0.489 e. The Hall–Kier alpha value is -4.62. The first-order valence-corrected chi connectivity index (χ1v) is 13.8. The zero-order chi connectivity index (χ0) is 29.0. The molecule has 41 heavy (non-hydrogen) atoms. The van der Waals surface area contributed by atoms with Crippen molar-refractivity contribution in [1.29, 1.82) is 0 Å². The summed E-state index contributed by atoms with van der Waals surface area (Å²) in [6.45, 7) is 4.47. The molecule has 7 heteroatoms. The van der Waals surface area contributed by atoms with Crippen LogP contribution < -0.4 is 25.8 Å². The molecule has 0 radical (unpaired) electrons. The van der Waals surface area contributed by atoms with E-state index in [1.54, 1.807) is 24.3 Å². The average molecular weight is 552 g/mol. The average Bonchev–Trinajstić information content (AvgIpc) is 2.98. The zero-order valence-corrected chi connectivity index (χ0v) is 23.5. The van der Waals surface area contributed by atoms with E-state index < -0.39 is 12.1 Å². The molecule has 0 saturated heterocycles. The monoisotopic (exact) mass is 551 g/mol. The first kappa shape index (κ1) is 29.4. The van der Waals surface area contributed by atoms with Crippen LogP contribution in [0.5, 0.6) is 17.2 Å². The van der Waals surface area contributed by atoms with Gasteiger partial charge in [-0.25, -0.2) is 0 Å². The van der Waals surface area contributed by atoms with Gasteiger partial charge in [-0.2, -0.15) is 0 Å². The lowest BCUT2D eigenvalue weighted by Gasteiger charge is -2.22. The molecule has 0 aliphatic rings. The molecule has 4 rings (SSSR count). The molecule has 0 heterocycles. The van der Waals surface area contributed by atoms with Crippen LogP contribution in [0.1, 0.15) is 31.4 Å². The first-order valence-electron chi connectivity index (χ1n) is 13.8. The summed E-state index contributed by atoms with van der Waals surface area (Å²) in [6, 6.07) is 32.5. The summed E-state index contributed by atoms with van der Waals surface area (Å²) in [5.74, 6) is 1.65. The quantitative estimate of drug-likeness (QED) is 0.186. The molecule has 4 aromatic rings. The van der Waals surface area contributed by atoms with Gasteiger partial charge in [-0.1, -0.05) is 74.5 Å². The number of anilines is 1. The van der Waals surface area contributed by atoms with Gasteiger partial charge in [0.2, 0.25) is 11.8 Å². The highest BCUT2D eigenvalue weighted by Gasteiger charge is 2.25. The Bertz CT molecular complexity index is 1380. The maximum absolute atomic E-state index is 13.4. The van der Waals surface area contributed by atoms with Crippen molar-refractivity contribution in [3.63, 3.8) is 0 Å². The van der Waals surface area contributed by atoms with Crippen LogP contribution in [0.2, 0.25) is 0 Å². The van der Waals surface area contributed by atoms with E-state index in [-0.39, 0.29) is 17.7 Å². The lowest BCUT2D eigenvalue weighted by atomic mass is 10.0. The Balaban J connectivity index is 1.41. The summed E-state index contributed by atoms with van der Waals surface area (Å²) < 4.78 is 11.7. The molecular weight excluding hydrogens is 514 g/mol. The fraction of sp³-hybridized carbons (Fsp3) is 0.235. The van der Waals surface area contributed by atoms with Gasteiger partial charge in [-0.3, -0.25) is 9.59 Å². The van der Waals surface area contributed by atoms with Crippen LogP contribution in [0.25, 0.3) is 0 Å². The van der Waals surface area contributed by atoms with Gasteiger partial charge in [0.05, 0.1) is 6.04 Å². The molecule has 0 aliphatic carbocycles. The molecule has 0 bridgehead atoms. The molecule has 2 atom stereocenters. The molecule has 2 unspecified atom stereocenters. The van der Waals surface area contributed by atoms with Crippen molar-refractivity contribution in [1.82, 2.24) is 5.32 Å². The van der Waals surface area contributed by atoms with Crippen LogP contribution in [-0.4, -0.2) is 23.9 Å². The van der Waals surface area contributed by atoms with Gasteiger partial charge in [-0.15, -0.1) is 0 Å². The van der Waals surface area contributed by atoms with E-state index in [0.29, 0.717) is 30.9 Å². The van der Waals surface area contributed by atoms with Gasteiger partial charge in [0.25, 0.3) is 0 Å². The van der Waals surface area contributed by atoms with Crippen molar-refractivity contribution in [2.24, 2.45) is 11.7 Å². The van der Waals surface area contributed by atoms with Crippen LogP contribution in [-0.2, 0) is 22.6 Å². The normalized spacial score (nSPS) is 12.3. The predicted molar refractivity (Wildman–Crippen MR) is 162 cm³/mol. The van der Waals surface area contributed by atoms with Crippen molar-refractivity contribution in [3.05, 3.63) is 120 Å². The molecule has 0 spiro atoms. The van der Waals surface area contributed by atoms with E-state index in [1.807, 2.05) is 98.8 Å². The van der Waals surface area contributed by atoms with Gasteiger partial charge in [-0.05, 0) is 72.0 Å². The number of amides is 2. The maximum atomic E-state index is 13.4. The molecule has 0 aliphatic heterocycles. The first-order chi connectivity index (χ1) is 19.9. The SMILES string of the molecule is CC(C)CC(N)C(=O)NC(Cc1ccc(OCc2ccccc2)cc1)C(=O)Nc1ccc(Oc2ccccc2)cc1. The Morgan fingerprint density at radius 1 is 0.707 bits per heavy atom. The highest BCUT2D eigenvalue weighted by atomic mass is 16.5. The molecule has 4 aromatic carbocycles. The molecule has 212 valence electrons. The van der Waals surface area contributed by atoms with Crippen molar-refractivity contribution in [3.8, 4) is 17.2 Å². The van der Waals surface area contributed by atoms with Crippen LogP contribution >= 0.6 is 0 Å². The lowest BCUT2D eigenvalue weighted by Crippen LogP contribution is -2.51. The van der Waals surface area contributed by atoms with Crippen molar-refractivity contribution in [2.45, 2.75) is 45.4 Å². The Morgan fingerprint density at radius 3 is 1.93 bits per heavy atom. The Labute approximate surface area is 241 Å². The third-order valence-corrected chi connectivity index (χ3v) is 6.41. The van der Waals surface area contributed by atoms with E-state index in [0.717, 1.165) is 22.6 Å². The second-order valence-corrected chi connectivity index (χ2v) is 10.3. The smallest absolute Gasteiger partial charge is 0.247 e. The van der Waals surface area contributed by atoms with Gasteiger partial charge >= 0.3 is 0 Å². The second-order valence-electron chi connectivity index (χ2n) is 10.3. The number of carbonyl (C=O) groups excluding carboxylic acids is 2. The topological polar surface area (TPSA) is 103 Å². The summed E-state index contributed by atoms with van der Waals surface area (Å²) in [5.41, 5.74) is 8.66. The summed E-state index contributed by atoms with van der Waals surface area (Å²) in [6.07, 6.45) is 0.816. The minimum absolute atomic E-state index is 0.253. The van der Waals surface area contributed by atoms with Crippen LogP contribution in [0, 0.1) is 5.92 Å². The number of ether oxygens (including phenoxy) is 2. The summed E-state index contributed by atoms with van der Waals surface area (Å²) >= 11 is 0. The van der Waals surface area contributed by atoms with Gasteiger partial charge in [0, 0.05) is 12.1 Å². The summed E-state index contributed by atoms with van der Waals surface area (Å²) in [7, 11) is 0. The van der Waals surface area contributed by atoms with Gasteiger partial charge in [0.15, 0.2) is 0 Å². The summed E-state index contributed by atoms with van der Waals surface area (Å²) in [4.78, 5) is 26.3. The zero-order valence-electron chi connectivity index (χ0n) is 23.5. The van der Waals surface area contributed by atoms with E-state index >= 15 is 0 Å². The highest BCUT2D eigenvalue weighted by Crippen LogP contribution is 2.23. The molecule has 4 N–H and O–H groups in total. The predicted octanol–water partition coefficient (Wildman–Crippen LogP) is 6.10.